The van der Waals surface area contributed by atoms with Gasteiger partial charge < -0.3 is 5.11 Å². The van der Waals surface area contributed by atoms with E-state index in [1.54, 1.807) is 0 Å². The number of rotatable bonds is 4. The smallest absolute Gasteiger partial charge is 0.307 e. The van der Waals surface area contributed by atoms with Gasteiger partial charge >= 0.3 is 5.97 Å². The number of hydrogen-bond donors (Lipinski definition) is 1. The van der Waals surface area contributed by atoms with Crippen LogP contribution >= 0.6 is 0 Å². The lowest BCUT2D eigenvalue weighted by Gasteiger charge is -2.27. The van der Waals surface area contributed by atoms with Gasteiger partial charge in [0.2, 0.25) is 0 Å². The van der Waals surface area contributed by atoms with E-state index in [1.165, 1.54) is 0 Å². The van der Waals surface area contributed by atoms with Crippen LogP contribution in [0.3, 0.4) is 0 Å². The molecule has 1 heterocycles. The zero-order valence-electron chi connectivity index (χ0n) is 10.3. The summed E-state index contributed by atoms with van der Waals surface area (Å²) < 4.78 is 1.92. The van der Waals surface area contributed by atoms with Crippen LogP contribution in [-0.2, 0) is 11.3 Å². The largest absolute Gasteiger partial charge is 0.481 e. The third-order valence-corrected chi connectivity index (χ3v) is 3.62. The first-order valence-electron chi connectivity index (χ1n) is 6.47. The zero-order chi connectivity index (χ0) is 12.3. The molecule has 2 rings (SSSR count). The molecule has 94 valence electrons. The van der Waals surface area contributed by atoms with E-state index in [0.29, 0.717) is 0 Å². The van der Waals surface area contributed by atoms with Crippen molar-refractivity contribution in [1.82, 2.24) is 9.78 Å². The average molecular weight is 236 g/mol. The molecule has 4 nitrogen and oxygen atoms in total. The van der Waals surface area contributed by atoms with Crippen molar-refractivity contribution in [1.29, 1.82) is 0 Å². The van der Waals surface area contributed by atoms with Crippen molar-refractivity contribution in [3.8, 4) is 0 Å². The SMILES string of the molecule is CCCn1cc(C2CCCCC2C(=O)O)cn1. The van der Waals surface area contributed by atoms with Crippen molar-refractivity contribution in [2.75, 3.05) is 0 Å². The minimum atomic E-state index is -0.655. The summed E-state index contributed by atoms with van der Waals surface area (Å²) in [5.41, 5.74) is 1.10. The zero-order valence-corrected chi connectivity index (χ0v) is 10.3. The Morgan fingerprint density at radius 1 is 1.53 bits per heavy atom. The molecular weight excluding hydrogens is 216 g/mol. The summed E-state index contributed by atoms with van der Waals surface area (Å²) in [6.07, 6.45) is 8.88. The molecule has 1 fully saturated rings. The van der Waals surface area contributed by atoms with Gasteiger partial charge in [0.1, 0.15) is 0 Å². The molecule has 2 unspecified atom stereocenters. The van der Waals surface area contributed by atoms with Crippen molar-refractivity contribution >= 4 is 5.97 Å². The van der Waals surface area contributed by atoms with Crippen molar-refractivity contribution in [3.63, 3.8) is 0 Å². The van der Waals surface area contributed by atoms with Crippen LogP contribution in [0.1, 0.15) is 50.5 Å². The number of hydrogen-bond acceptors (Lipinski definition) is 2. The third kappa shape index (κ3) is 2.68. The molecule has 1 N–H and O–H groups in total. The molecule has 0 spiro atoms. The number of aryl methyl sites for hydroxylation is 1. The van der Waals surface area contributed by atoms with Crippen molar-refractivity contribution in [2.24, 2.45) is 5.92 Å². The fourth-order valence-electron chi connectivity index (χ4n) is 2.75. The molecule has 1 aromatic heterocycles. The fourth-order valence-corrected chi connectivity index (χ4v) is 2.75. The Kier molecular flexibility index (Phi) is 3.82. The lowest BCUT2D eigenvalue weighted by Crippen LogP contribution is -2.25. The Morgan fingerprint density at radius 3 is 3.00 bits per heavy atom. The van der Waals surface area contributed by atoms with Gasteiger partial charge in [0.05, 0.1) is 12.1 Å². The topological polar surface area (TPSA) is 55.1 Å². The first-order chi connectivity index (χ1) is 8.22. The predicted molar refractivity (Wildman–Crippen MR) is 64.9 cm³/mol. The Hall–Kier alpha value is -1.32. The lowest BCUT2D eigenvalue weighted by molar-refractivity contribution is -0.143. The molecule has 1 aromatic rings. The molecule has 2 atom stereocenters. The van der Waals surface area contributed by atoms with E-state index in [0.717, 1.165) is 44.2 Å². The van der Waals surface area contributed by atoms with Gasteiger partial charge in [-0.1, -0.05) is 19.8 Å². The van der Waals surface area contributed by atoms with Gasteiger partial charge in [0.15, 0.2) is 0 Å². The number of aliphatic carboxylic acids is 1. The van der Waals surface area contributed by atoms with E-state index in [4.69, 9.17) is 0 Å². The predicted octanol–water partition coefficient (Wildman–Crippen LogP) is 2.65. The number of nitrogens with zero attached hydrogens (tertiary/aromatic N) is 2. The number of carboxylic acids is 1. The first kappa shape index (κ1) is 12.1. The third-order valence-electron chi connectivity index (χ3n) is 3.62. The summed E-state index contributed by atoms with van der Waals surface area (Å²) in [6, 6.07) is 0. The molecular formula is C13H20N2O2. The summed E-state index contributed by atoms with van der Waals surface area (Å²) in [4.78, 5) is 11.2. The standard InChI is InChI=1S/C13H20N2O2/c1-2-7-15-9-10(8-14-15)11-5-3-4-6-12(11)13(16)17/h8-9,11-12H,2-7H2,1H3,(H,16,17). The minimum absolute atomic E-state index is 0.159. The number of carbonyl (C=O) groups is 1. The van der Waals surface area contributed by atoms with Gasteiger partial charge in [-0.15, -0.1) is 0 Å². The highest BCUT2D eigenvalue weighted by Crippen LogP contribution is 2.37. The second-order valence-corrected chi connectivity index (χ2v) is 4.87. The van der Waals surface area contributed by atoms with Crippen LogP contribution in [0.5, 0.6) is 0 Å². The summed E-state index contributed by atoms with van der Waals surface area (Å²) in [5, 5.41) is 13.6. The Morgan fingerprint density at radius 2 is 2.29 bits per heavy atom. The van der Waals surface area contributed by atoms with Crippen LogP contribution in [-0.4, -0.2) is 20.9 Å². The maximum absolute atomic E-state index is 11.2. The van der Waals surface area contributed by atoms with Gasteiger partial charge in [-0.05, 0) is 24.8 Å². The Balaban J connectivity index is 2.14. The summed E-state index contributed by atoms with van der Waals surface area (Å²) >= 11 is 0. The van der Waals surface area contributed by atoms with Gasteiger partial charge in [0.25, 0.3) is 0 Å². The van der Waals surface area contributed by atoms with E-state index < -0.39 is 5.97 Å². The average Bonchev–Trinajstić information content (AvgIpc) is 2.78. The van der Waals surface area contributed by atoms with E-state index in [-0.39, 0.29) is 11.8 Å². The highest BCUT2D eigenvalue weighted by molar-refractivity contribution is 5.71. The second kappa shape index (κ2) is 5.34. The van der Waals surface area contributed by atoms with Crippen molar-refractivity contribution in [2.45, 2.75) is 51.5 Å². The van der Waals surface area contributed by atoms with Crippen LogP contribution in [0.2, 0.25) is 0 Å². The molecule has 4 heteroatoms. The van der Waals surface area contributed by atoms with E-state index in [2.05, 4.69) is 12.0 Å². The van der Waals surface area contributed by atoms with E-state index in [1.807, 2.05) is 17.1 Å². The van der Waals surface area contributed by atoms with Gasteiger partial charge in [0, 0.05) is 18.7 Å². The Labute approximate surface area is 102 Å². The van der Waals surface area contributed by atoms with Crippen molar-refractivity contribution in [3.05, 3.63) is 18.0 Å². The lowest BCUT2D eigenvalue weighted by atomic mass is 9.76. The quantitative estimate of drug-likeness (QED) is 0.874. The molecule has 0 aromatic carbocycles. The highest BCUT2D eigenvalue weighted by atomic mass is 16.4. The van der Waals surface area contributed by atoms with Crippen LogP contribution < -0.4 is 0 Å². The molecule has 0 bridgehead atoms. The first-order valence-corrected chi connectivity index (χ1v) is 6.47. The van der Waals surface area contributed by atoms with Gasteiger partial charge in [-0.3, -0.25) is 9.48 Å². The fraction of sp³-hybridized carbons (Fsp3) is 0.692. The van der Waals surface area contributed by atoms with E-state index in [9.17, 15) is 9.90 Å². The van der Waals surface area contributed by atoms with Gasteiger partial charge in [-0.25, -0.2) is 0 Å². The molecule has 0 aliphatic heterocycles. The summed E-state index contributed by atoms with van der Waals surface area (Å²) in [7, 11) is 0. The monoisotopic (exact) mass is 236 g/mol. The molecule has 1 saturated carbocycles. The maximum Gasteiger partial charge on any atom is 0.307 e. The molecule has 0 amide bonds. The highest BCUT2D eigenvalue weighted by Gasteiger charge is 2.32. The summed E-state index contributed by atoms with van der Waals surface area (Å²) in [5.74, 6) is -0.715. The Bertz CT molecular complexity index is 387. The van der Waals surface area contributed by atoms with E-state index >= 15 is 0 Å². The molecule has 1 aliphatic carbocycles. The normalized spacial score (nSPS) is 24.8. The second-order valence-electron chi connectivity index (χ2n) is 4.87. The van der Waals surface area contributed by atoms with Crippen LogP contribution in [0, 0.1) is 5.92 Å². The maximum atomic E-state index is 11.2. The molecule has 1 aliphatic rings. The van der Waals surface area contributed by atoms with Gasteiger partial charge in [-0.2, -0.15) is 5.10 Å². The molecule has 0 saturated heterocycles. The molecule has 17 heavy (non-hydrogen) atoms. The van der Waals surface area contributed by atoms with Crippen LogP contribution in [0.4, 0.5) is 0 Å². The number of aromatic nitrogens is 2. The summed E-state index contributed by atoms with van der Waals surface area (Å²) in [6.45, 7) is 3.02. The number of carboxylic acid groups (broad SMARTS) is 1. The van der Waals surface area contributed by atoms with Crippen LogP contribution in [0.25, 0.3) is 0 Å². The molecule has 0 radical (unpaired) electrons. The van der Waals surface area contributed by atoms with Crippen LogP contribution in [0.15, 0.2) is 12.4 Å². The van der Waals surface area contributed by atoms with Crippen molar-refractivity contribution < 1.29 is 9.90 Å². The minimum Gasteiger partial charge on any atom is -0.481 e.